The average Bonchev–Trinajstić information content (AvgIpc) is 2.97. The molecule has 0 radical (unpaired) electrons. The first-order valence-corrected chi connectivity index (χ1v) is 8.39. The number of ether oxygens (including phenoxy) is 1. The smallest absolute Gasteiger partial charge is 0.190 e. The molecular weight excluding hydrogens is 377 g/mol. The lowest BCUT2D eigenvalue weighted by Gasteiger charge is -2.12. The van der Waals surface area contributed by atoms with Gasteiger partial charge in [0.15, 0.2) is 5.96 Å². The lowest BCUT2D eigenvalue weighted by atomic mass is 10.0. The minimum absolute atomic E-state index is 0. The highest BCUT2D eigenvalue weighted by Crippen LogP contribution is 2.28. The Morgan fingerprint density at radius 1 is 1.10 bits per heavy atom. The van der Waals surface area contributed by atoms with Gasteiger partial charge in [0.05, 0.1) is 0 Å². The molecule has 0 saturated heterocycles. The van der Waals surface area contributed by atoms with Crippen LogP contribution in [0.25, 0.3) is 0 Å². The number of hydrogen-bond donors (Lipinski definition) is 2. The number of guanidine groups is 1. The van der Waals surface area contributed by atoms with E-state index in [2.05, 4.69) is 15.6 Å². The Bertz CT molecular complexity index is 256. The zero-order chi connectivity index (χ0) is 14.5. The van der Waals surface area contributed by atoms with E-state index in [4.69, 9.17) is 4.74 Å². The molecule has 0 aliphatic heterocycles. The fourth-order valence-corrected chi connectivity index (χ4v) is 2.81. The molecule has 0 aromatic heterocycles. The van der Waals surface area contributed by atoms with Crippen LogP contribution in [0, 0.1) is 5.92 Å². The van der Waals surface area contributed by atoms with Crippen LogP contribution < -0.4 is 10.6 Å². The van der Waals surface area contributed by atoms with Gasteiger partial charge < -0.3 is 15.4 Å². The normalized spacial score (nSPS) is 15.8. The number of aliphatic imine (C=N–C) groups is 1. The minimum Gasteiger partial charge on any atom is -0.382 e. The summed E-state index contributed by atoms with van der Waals surface area (Å²) >= 11 is 0. The highest BCUT2D eigenvalue weighted by Gasteiger charge is 2.13. The van der Waals surface area contributed by atoms with Gasteiger partial charge in [-0.05, 0) is 25.7 Å². The Labute approximate surface area is 147 Å². The van der Waals surface area contributed by atoms with Gasteiger partial charge >= 0.3 is 0 Å². The molecular formula is C16H34IN3O. The summed E-state index contributed by atoms with van der Waals surface area (Å²) in [6.07, 6.45) is 10.9. The van der Waals surface area contributed by atoms with E-state index < -0.39 is 0 Å². The highest BCUT2D eigenvalue weighted by molar-refractivity contribution is 14.0. The molecule has 1 aliphatic rings. The van der Waals surface area contributed by atoms with Gasteiger partial charge in [-0.25, -0.2) is 0 Å². The Hall–Kier alpha value is -0.0400. The van der Waals surface area contributed by atoms with Crippen molar-refractivity contribution in [2.45, 2.75) is 58.3 Å². The Morgan fingerprint density at radius 2 is 1.76 bits per heavy atom. The van der Waals surface area contributed by atoms with Crippen LogP contribution in [0.3, 0.4) is 0 Å². The van der Waals surface area contributed by atoms with Crippen molar-refractivity contribution >= 4 is 29.9 Å². The number of rotatable bonds is 10. The van der Waals surface area contributed by atoms with E-state index in [1.54, 1.807) is 0 Å². The van der Waals surface area contributed by atoms with E-state index in [0.717, 1.165) is 44.6 Å². The second-order valence-corrected chi connectivity index (χ2v) is 5.62. The van der Waals surface area contributed by atoms with Crippen molar-refractivity contribution in [1.29, 1.82) is 0 Å². The summed E-state index contributed by atoms with van der Waals surface area (Å²) in [6.45, 7) is 5.59. The van der Waals surface area contributed by atoms with Crippen LogP contribution in [0.15, 0.2) is 4.99 Å². The molecule has 0 atom stereocenters. The standard InChI is InChI=1S/C16H33N3O.HI/c1-3-20-14-8-13-19-16(17-2)18-12-7-6-11-15-9-4-5-10-15;/h15H,3-14H2,1-2H3,(H2,17,18,19);1H. The van der Waals surface area contributed by atoms with E-state index in [1.165, 1.54) is 44.9 Å². The number of hydrogen-bond acceptors (Lipinski definition) is 2. The van der Waals surface area contributed by atoms with Gasteiger partial charge in [-0.1, -0.05) is 38.5 Å². The lowest BCUT2D eigenvalue weighted by molar-refractivity contribution is 0.145. The monoisotopic (exact) mass is 411 g/mol. The SMILES string of the molecule is CCOCCCNC(=NC)NCCCCC1CCCC1.I. The van der Waals surface area contributed by atoms with Gasteiger partial charge in [-0.15, -0.1) is 24.0 Å². The molecule has 1 rings (SSSR count). The summed E-state index contributed by atoms with van der Waals surface area (Å²) in [5.41, 5.74) is 0. The maximum Gasteiger partial charge on any atom is 0.190 e. The van der Waals surface area contributed by atoms with Gasteiger partial charge in [0.25, 0.3) is 0 Å². The van der Waals surface area contributed by atoms with E-state index in [1.807, 2.05) is 14.0 Å². The zero-order valence-electron chi connectivity index (χ0n) is 13.8. The van der Waals surface area contributed by atoms with Crippen molar-refractivity contribution in [3.05, 3.63) is 0 Å². The van der Waals surface area contributed by atoms with Crippen LogP contribution >= 0.6 is 24.0 Å². The summed E-state index contributed by atoms with van der Waals surface area (Å²) in [7, 11) is 1.83. The van der Waals surface area contributed by atoms with Gasteiger partial charge in [-0.3, -0.25) is 4.99 Å². The molecule has 0 spiro atoms. The van der Waals surface area contributed by atoms with Gasteiger partial charge in [0.2, 0.25) is 0 Å². The van der Waals surface area contributed by atoms with Crippen LogP contribution in [0.4, 0.5) is 0 Å². The van der Waals surface area contributed by atoms with Crippen molar-refractivity contribution in [2.75, 3.05) is 33.4 Å². The molecule has 0 unspecified atom stereocenters. The molecule has 0 heterocycles. The van der Waals surface area contributed by atoms with Crippen molar-refractivity contribution < 1.29 is 4.74 Å². The van der Waals surface area contributed by atoms with Gasteiger partial charge in [0.1, 0.15) is 0 Å². The summed E-state index contributed by atoms with van der Waals surface area (Å²) in [5, 5.41) is 6.70. The second-order valence-electron chi connectivity index (χ2n) is 5.62. The highest BCUT2D eigenvalue weighted by atomic mass is 127. The van der Waals surface area contributed by atoms with Crippen molar-refractivity contribution in [3.63, 3.8) is 0 Å². The predicted molar refractivity (Wildman–Crippen MR) is 102 cm³/mol. The van der Waals surface area contributed by atoms with Crippen molar-refractivity contribution in [2.24, 2.45) is 10.9 Å². The van der Waals surface area contributed by atoms with Crippen LogP contribution in [0.5, 0.6) is 0 Å². The Balaban J connectivity index is 0.00000400. The number of nitrogens with zero attached hydrogens (tertiary/aromatic N) is 1. The summed E-state index contributed by atoms with van der Waals surface area (Å²) in [5.74, 6) is 1.94. The fraction of sp³-hybridized carbons (Fsp3) is 0.938. The quantitative estimate of drug-likeness (QED) is 0.250. The predicted octanol–water partition coefficient (Wildman–Crippen LogP) is 3.56. The zero-order valence-corrected chi connectivity index (χ0v) is 16.2. The topological polar surface area (TPSA) is 45.6 Å². The Kier molecular flexibility index (Phi) is 14.9. The summed E-state index contributed by atoms with van der Waals surface area (Å²) < 4.78 is 5.31. The molecule has 0 bridgehead atoms. The summed E-state index contributed by atoms with van der Waals surface area (Å²) in [6, 6.07) is 0. The molecule has 1 fully saturated rings. The van der Waals surface area contributed by atoms with Crippen molar-refractivity contribution in [3.8, 4) is 0 Å². The largest absolute Gasteiger partial charge is 0.382 e. The maximum absolute atomic E-state index is 5.31. The molecule has 0 aromatic rings. The van der Waals surface area contributed by atoms with E-state index in [0.29, 0.717) is 0 Å². The number of halogens is 1. The van der Waals surface area contributed by atoms with Gasteiger partial charge in [0, 0.05) is 33.4 Å². The molecule has 1 aliphatic carbocycles. The molecule has 21 heavy (non-hydrogen) atoms. The summed E-state index contributed by atoms with van der Waals surface area (Å²) in [4.78, 5) is 4.23. The van der Waals surface area contributed by atoms with Crippen LogP contribution in [0.2, 0.25) is 0 Å². The third kappa shape index (κ3) is 11.2. The van der Waals surface area contributed by atoms with E-state index >= 15 is 0 Å². The first kappa shape index (κ1) is 21.0. The van der Waals surface area contributed by atoms with Crippen LogP contribution in [0.1, 0.15) is 58.3 Å². The molecule has 1 saturated carbocycles. The van der Waals surface area contributed by atoms with Crippen LogP contribution in [-0.2, 0) is 4.74 Å². The fourth-order valence-electron chi connectivity index (χ4n) is 2.81. The minimum atomic E-state index is 0. The molecule has 4 nitrogen and oxygen atoms in total. The maximum atomic E-state index is 5.31. The third-order valence-corrected chi connectivity index (χ3v) is 3.99. The molecule has 0 aromatic carbocycles. The molecule has 2 N–H and O–H groups in total. The van der Waals surface area contributed by atoms with E-state index in [-0.39, 0.29) is 24.0 Å². The second kappa shape index (κ2) is 14.9. The number of nitrogens with one attached hydrogen (secondary N) is 2. The first-order valence-electron chi connectivity index (χ1n) is 8.39. The Morgan fingerprint density at radius 3 is 2.38 bits per heavy atom. The lowest BCUT2D eigenvalue weighted by Crippen LogP contribution is -2.38. The molecule has 126 valence electrons. The molecule has 0 amide bonds. The van der Waals surface area contributed by atoms with Crippen molar-refractivity contribution in [1.82, 2.24) is 10.6 Å². The third-order valence-electron chi connectivity index (χ3n) is 3.99. The van der Waals surface area contributed by atoms with E-state index in [9.17, 15) is 0 Å². The number of unbranched alkanes of at least 4 members (excludes halogenated alkanes) is 1. The first-order chi connectivity index (χ1) is 9.86. The van der Waals surface area contributed by atoms with Crippen LogP contribution in [-0.4, -0.2) is 39.3 Å². The van der Waals surface area contributed by atoms with Gasteiger partial charge in [-0.2, -0.15) is 0 Å². The average molecular weight is 411 g/mol. The molecule has 5 heteroatoms.